The standard InChI is InChI=1S/2CH3O.CH3.Sn/c2*1-2;;/h2*1H3;1H3;/q2*-1;;+2. The summed E-state index contributed by atoms with van der Waals surface area (Å²) < 4.78 is 9.75. The van der Waals surface area contributed by atoms with Gasteiger partial charge in [0.1, 0.15) is 0 Å². The third-order valence-electron chi connectivity index (χ3n) is 0.575. The summed E-state index contributed by atoms with van der Waals surface area (Å²) in [6, 6.07) is 0. The van der Waals surface area contributed by atoms with Crippen LogP contribution in [-0.2, 0) is 6.15 Å². The monoisotopic (exact) mass is 197 g/mol. The van der Waals surface area contributed by atoms with E-state index in [0.717, 1.165) is 0 Å². The molecule has 0 N–H and O–H groups in total. The Hall–Kier alpha value is 0.719. The molecular formula is C3H9O2Sn. The Bertz CT molecular complexity index is 28.0. The van der Waals surface area contributed by atoms with E-state index in [-0.39, 0.29) is 0 Å². The molecule has 0 aliphatic carbocycles. The second-order valence-corrected chi connectivity index (χ2v) is 6.04. The van der Waals surface area contributed by atoms with Gasteiger partial charge < -0.3 is 0 Å². The maximum atomic E-state index is 4.87. The summed E-state index contributed by atoms with van der Waals surface area (Å²) in [6.07, 6.45) is 0. The first-order valence-electron chi connectivity index (χ1n) is 1.72. The summed E-state index contributed by atoms with van der Waals surface area (Å²) in [5.41, 5.74) is 0. The van der Waals surface area contributed by atoms with Crippen molar-refractivity contribution in [3.8, 4) is 0 Å². The fourth-order valence-corrected chi connectivity index (χ4v) is 0.559. The average Bonchev–Trinajstić information content (AvgIpc) is 1.65. The Morgan fingerprint density at radius 1 is 1.17 bits per heavy atom. The van der Waals surface area contributed by atoms with Crippen LogP contribution in [0.2, 0.25) is 4.94 Å². The molecule has 37 valence electrons. The van der Waals surface area contributed by atoms with E-state index in [9.17, 15) is 0 Å². The second-order valence-electron chi connectivity index (χ2n) is 0.900. The Labute approximate surface area is 46.3 Å². The summed E-state index contributed by atoms with van der Waals surface area (Å²) in [7, 11) is 3.39. The summed E-state index contributed by atoms with van der Waals surface area (Å²) in [6.45, 7) is 0. The van der Waals surface area contributed by atoms with Crippen molar-refractivity contribution in [2.75, 3.05) is 14.2 Å². The van der Waals surface area contributed by atoms with Crippen LogP contribution in [0, 0.1) is 0 Å². The fourth-order valence-electron chi connectivity index (χ4n) is 0.0833. The molecule has 0 unspecified atom stereocenters. The first-order chi connectivity index (χ1) is 2.81. The second kappa shape index (κ2) is 3.89. The van der Waals surface area contributed by atoms with Gasteiger partial charge in [0.15, 0.2) is 0 Å². The van der Waals surface area contributed by atoms with Gasteiger partial charge in [0.05, 0.1) is 0 Å². The van der Waals surface area contributed by atoms with Gasteiger partial charge in [0.2, 0.25) is 0 Å². The van der Waals surface area contributed by atoms with Gasteiger partial charge >= 0.3 is 45.9 Å². The predicted octanol–water partition coefficient (Wildman–Crippen LogP) is 0.397. The van der Waals surface area contributed by atoms with Gasteiger partial charge in [-0.1, -0.05) is 0 Å². The van der Waals surface area contributed by atoms with Crippen molar-refractivity contribution in [2.45, 2.75) is 4.94 Å². The summed E-state index contributed by atoms with van der Waals surface area (Å²) in [5.74, 6) is 0. The van der Waals surface area contributed by atoms with Crippen LogP contribution >= 0.6 is 0 Å². The van der Waals surface area contributed by atoms with Gasteiger partial charge in [-0.15, -0.1) is 0 Å². The molecule has 0 saturated carbocycles. The van der Waals surface area contributed by atoms with Crippen molar-refractivity contribution < 1.29 is 6.15 Å². The zero-order valence-electron chi connectivity index (χ0n) is 4.32. The van der Waals surface area contributed by atoms with Crippen LogP contribution in [0.4, 0.5) is 0 Å². The SMILES string of the molecule is C[O][Sn]([CH3])[O]C. The van der Waals surface area contributed by atoms with E-state index < -0.39 is 20.6 Å². The van der Waals surface area contributed by atoms with E-state index in [0.29, 0.717) is 0 Å². The maximum absolute atomic E-state index is 4.87. The van der Waals surface area contributed by atoms with Crippen molar-refractivity contribution in [2.24, 2.45) is 0 Å². The Kier molecular flexibility index (Phi) is 4.36. The molecule has 0 fully saturated rings. The number of hydrogen-bond donors (Lipinski definition) is 0. The van der Waals surface area contributed by atoms with Crippen LogP contribution in [0.1, 0.15) is 0 Å². The Balaban J connectivity index is 2.75. The molecule has 3 heteroatoms. The third-order valence-corrected chi connectivity index (χ3v) is 3.86. The van der Waals surface area contributed by atoms with Gasteiger partial charge in [-0.25, -0.2) is 0 Å². The zero-order chi connectivity index (χ0) is 4.99. The fraction of sp³-hybridized carbons (Fsp3) is 1.00. The molecule has 0 aromatic rings. The minimum atomic E-state index is -1.62. The molecule has 2 nitrogen and oxygen atoms in total. The molecule has 0 aliphatic rings. The molecule has 0 bridgehead atoms. The van der Waals surface area contributed by atoms with Crippen molar-refractivity contribution in [1.29, 1.82) is 0 Å². The van der Waals surface area contributed by atoms with Gasteiger partial charge in [0, 0.05) is 0 Å². The minimum absolute atomic E-state index is 1.62. The first kappa shape index (κ1) is 6.72. The first-order valence-corrected chi connectivity index (χ1v) is 6.91. The molecule has 0 spiro atoms. The summed E-state index contributed by atoms with van der Waals surface area (Å²) >= 11 is -1.62. The summed E-state index contributed by atoms with van der Waals surface area (Å²) in [5, 5.41) is 0. The molecule has 0 rings (SSSR count). The van der Waals surface area contributed by atoms with Crippen molar-refractivity contribution >= 4 is 20.6 Å². The number of hydrogen-bond acceptors (Lipinski definition) is 2. The van der Waals surface area contributed by atoms with E-state index in [1.807, 2.05) is 4.94 Å². The molecule has 0 amide bonds. The molecule has 0 heterocycles. The van der Waals surface area contributed by atoms with E-state index in [1.54, 1.807) is 14.2 Å². The summed E-state index contributed by atoms with van der Waals surface area (Å²) in [4.78, 5) is 2.03. The zero-order valence-corrected chi connectivity index (χ0v) is 7.17. The van der Waals surface area contributed by atoms with E-state index in [4.69, 9.17) is 6.15 Å². The molecular weight excluding hydrogens is 187 g/mol. The third kappa shape index (κ3) is 2.93. The van der Waals surface area contributed by atoms with Crippen molar-refractivity contribution in [3.63, 3.8) is 0 Å². The molecule has 0 atom stereocenters. The van der Waals surface area contributed by atoms with Gasteiger partial charge in [-0.2, -0.15) is 0 Å². The van der Waals surface area contributed by atoms with Crippen LogP contribution in [0.5, 0.6) is 0 Å². The van der Waals surface area contributed by atoms with E-state index in [1.165, 1.54) is 0 Å². The number of rotatable bonds is 2. The Morgan fingerprint density at radius 3 is 1.50 bits per heavy atom. The molecule has 0 aromatic carbocycles. The van der Waals surface area contributed by atoms with Gasteiger partial charge in [-0.05, 0) is 0 Å². The van der Waals surface area contributed by atoms with Crippen LogP contribution in [0.3, 0.4) is 0 Å². The molecule has 0 saturated heterocycles. The van der Waals surface area contributed by atoms with Crippen LogP contribution in [0.25, 0.3) is 0 Å². The van der Waals surface area contributed by atoms with Crippen LogP contribution < -0.4 is 0 Å². The topological polar surface area (TPSA) is 18.5 Å². The van der Waals surface area contributed by atoms with Crippen LogP contribution in [-0.4, -0.2) is 34.8 Å². The molecule has 0 aromatic heterocycles. The Morgan fingerprint density at radius 2 is 1.50 bits per heavy atom. The predicted molar refractivity (Wildman–Crippen MR) is 25.6 cm³/mol. The van der Waals surface area contributed by atoms with E-state index >= 15 is 0 Å². The van der Waals surface area contributed by atoms with E-state index in [2.05, 4.69) is 0 Å². The normalized spacial score (nSPS) is 10.0. The molecule has 1 radical (unpaired) electrons. The molecule has 6 heavy (non-hydrogen) atoms. The van der Waals surface area contributed by atoms with Gasteiger partial charge in [0.25, 0.3) is 0 Å². The average molecular weight is 196 g/mol. The van der Waals surface area contributed by atoms with Crippen LogP contribution in [0.15, 0.2) is 0 Å². The quantitative estimate of drug-likeness (QED) is 0.594. The van der Waals surface area contributed by atoms with Crippen molar-refractivity contribution in [1.82, 2.24) is 0 Å². The molecule has 0 aliphatic heterocycles. The van der Waals surface area contributed by atoms with Gasteiger partial charge in [-0.3, -0.25) is 0 Å². The van der Waals surface area contributed by atoms with Crippen molar-refractivity contribution in [3.05, 3.63) is 0 Å².